The highest BCUT2D eigenvalue weighted by atomic mass is 16.5. The SMILES string of the molecule is CCCCCCCCCCCCCCCCC(=O)OCC(O)CO. The van der Waals surface area contributed by atoms with Gasteiger partial charge in [0.25, 0.3) is 0 Å². The Balaban J connectivity index is 3.13. The number of ether oxygens (including phenoxy) is 1. The third-order valence-corrected chi connectivity index (χ3v) is 4.38. The van der Waals surface area contributed by atoms with Gasteiger partial charge < -0.3 is 14.9 Å². The van der Waals surface area contributed by atoms with Gasteiger partial charge in [-0.05, 0) is 6.42 Å². The van der Waals surface area contributed by atoms with Crippen LogP contribution in [-0.2, 0) is 9.53 Å². The van der Waals surface area contributed by atoms with E-state index in [1.807, 2.05) is 0 Å². The van der Waals surface area contributed by atoms with Crippen LogP contribution < -0.4 is 0 Å². The van der Waals surface area contributed by atoms with Crippen molar-refractivity contribution >= 4 is 5.97 Å². The topological polar surface area (TPSA) is 66.8 Å². The molecule has 0 aliphatic heterocycles. The molecule has 1 unspecified atom stereocenters. The fourth-order valence-corrected chi connectivity index (χ4v) is 2.78. The van der Waals surface area contributed by atoms with Crippen molar-refractivity contribution < 1.29 is 19.7 Å². The molecular weight excluding hydrogens is 304 g/mol. The lowest BCUT2D eigenvalue weighted by atomic mass is 10.0. The summed E-state index contributed by atoms with van der Waals surface area (Å²) in [7, 11) is 0. The lowest BCUT2D eigenvalue weighted by Gasteiger charge is -2.08. The molecule has 4 nitrogen and oxygen atoms in total. The summed E-state index contributed by atoms with van der Waals surface area (Å²) in [4.78, 5) is 11.4. The quantitative estimate of drug-likeness (QED) is 0.278. The number of carbonyl (C=O) groups is 1. The van der Waals surface area contributed by atoms with E-state index in [0.29, 0.717) is 6.42 Å². The second-order valence-electron chi connectivity index (χ2n) is 6.87. The van der Waals surface area contributed by atoms with Crippen LogP contribution in [0.3, 0.4) is 0 Å². The fourth-order valence-electron chi connectivity index (χ4n) is 2.78. The van der Waals surface area contributed by atoms with E-state index in [2.05, 4.69) is 6.92 Å². The Kier molecular flexibility index (Phi) is 18.2. The van der Waals surface area contributed by atoms with Crippen molar-refractivity contribution in [3.63, 3.8) is 0 Å². The average molecular weight is 345 g/mol. The summed E-state index contributed by atoms with van der Waals surface area (Å²) in [6.07, 6.45) is 17.6. The van der Waals surface area contributed by atoms with Crippen LogP contribution in [0.4, 0.5) is 0 Å². The minimum Gasteiger partial charge on any atom is -0.463 e. The second kappa shape index (κ2) is 18.7. The number of unbranched alkanes of at least 4 members (excludes halogenated alkanes) is 13. The largest absolute Gasteiger partial charge is 0.463 e. The summed E-state index contributed by atoms with van der Waals surface area (Å²) >= 11 is 0. The van der Waals surface area contributed by atoms with Crippen molar-refractivity contribution in [2.24, 2.45) is 0 Å². The van der Waals surface area contributed by atoms with Gasteiger partial charge in [0.1, 0.15) is 12.7 Å². The smallest absolute Gasteiger partial charge is 0.305 e. The van der Waals surface area contributed by atoms with E-state index >= 15 is 0 Å². The van der Waals surface area contributed by atoms with E-state index in [4.69, 9.17) is 14.9 Å². The summed E-state index contributed by atoms with van der Waals surface area (Å²) in [6.45, 7) is 1.79. The molecule has 0 heterocycles. The van der Waals surface area contributed by atoms with Crippen molar-refractivity contribution in [3.8, 4) is 0 Å². The lowest BCUT2D eigenvalue weighted by Crippen LogP contribution is -2.21. The third-order valence-electron chi connectivity index (χ3n) is 4.38. The molecular formula is C20H40O4. The van der Waals surface area contributed by atoms with E-state index in [1.165, 1.54) is 77.0 Å². The van der Waals surface area contributed by atoms with Crippen LogP contribution in [-0.4, -0.2) is 35.5 Å². The van der Waals surface area contributed by atoms with Gasteiger partial charge in [0.15, 0.2) is 0 Å². The molecule has 0 amide bonds. The lowest BCUT2D eigenvalue weighted by molar-refractivity contribution is -0.147. The van der Waals surface area contributed by atoms with Crippen molar-refractivity contribution in [1.29, 1.82) is 0 Å². The maximum atomic E-state index is 11.4. The van der Waals surface area contributed by atoms with E-state index < -0.39 is 6.10 Å². The van der Waals surface area contributed by atoms with E-state index in [0.717, 1.165) is 12.8 Å². The number of esters is 1. The average Bonchev–Trinajstić information content (AvgIpc) is 2.59. The molecule has 0 aromatic heterocycles. The van der Waals surface area contributed by atoms with Crippen molar-refractivity contribution in [2.75, 3.05) is 13.2 Å². The standard InChI is InChI=1S/C20H40O4/c1-2-3-4-5-6-7-8-9-10-11-12-13-14-15-16-20(23)24-18-19(22)17-21/h19,21-22H,2-18H2,1H3. The normalized spacial score (nSPS) is 12.3. The highest BCUT2D eigenvalue weighted by Gasteiger charge is 2.07. The fraction of sp³-hybridized carbons (Fsp3) is 0.950. The van der Waals surface area contributed by atoms with Gasteiger partial charge in [0.05, 0.1) is 6.61 Å². The monoisotopic (exact) mass is 344 g/mol. The van der Waals surface area contributed by atoms with Crippen LogP contribution in [0.25, 0.3) is 0 Å². The number of rotatable bonds is 18. The minimum atomic E-state index is -0.953. The molecule has 0 saturated carbocycles. The van der Waals surface area contributed by atoms with Crippen LogP contribution in [0.15, 0.2) is 0 Å². The van der Waals surface area contributed by atoms with Gasteiger partial charge in [-0.2, -0.15) is 0 Å². The Bertz CT molecular complexity index is 268. The van der Waals surface area contributed by atoms with Crippen molar-refractivity contribution in [3.05, 3.63) is 0 Å². The number of aliphatic hydroxyl groups excluding tert-OH is 2. The van der Waals surface area contributed by atoms with Crippen LogP contribution in [0.1, 0.15) is 103 Å². The van der Waals surface area contributed by atoms with E-state index in [1.54, 1.807) is 0 Å². The molecule has 0 aromatic carbocycles. The summed E-state index contributed by atoms with van der Waals surface area (Å²) in [5.41, 5.74) is 0. The summed E-state index contributed by atoms with van der Waals surface area (Å²) in [5.74, 6) is -0.276. The molecule has 2 N–H and O–H groups in total. The first kappa shape index (κ1) is 23.4. The van der Waals surface area contributed by atoms with Gasteiger partial charge in [-0.3, -0.25) is 4.79 Å². The molecule has 1 atom stereocenters. The van der Waals surface area contributed by atoms with Crippen LogP contribution >= 0.6 is 0 Å². The molecule has 0 aliphatic rings. The zero-order valence-corrected chi connectivity index (χ0v) is 15.8. The maximum Gasteiger partial charge on any atom is 0.305 e. The Morgan fingerprint density at radius 1 is 0.792 bits per heavy atom. The minimum absolute atomic E-state index is 0.103. The van der Waals surface area contributed by atoms with Crippen LogP contribution in [0.2, 0.25) is 0 Å². The highest BCUT2D eigenvalue weighted by Crippen LogP contribution is 2.13. The first-order valence-electron chi connectivity index (χ1n) is 10.1. The van der Waals surface area contributed by atoms with Crippen LogP contribution in [0.5, 0.6) is 0 Å². The number of aliphatic hydroxyl groups is 2. The Morgan fingerprint density at radius 3 is 1.62 bits per heavy atom. The van der Waals surface area contributed by atoms with Gasteiger partial charge in [0, 0.05) is 6.42 Å². The number of hydrogen-bond donors (Lipinski definition) is 2. The molecule has 0 aliphatic carbocycles. The molecule has 144 valence electrons. The first-order chi connectivity index (χ1) is 11.7. The molecule has 0 rings (SSSR count). The van der Waals surface area contributed by atoms with Gasteiger partial charge in [-0.25, -0.2) is 0 Å². The van der Waals surface area contributed by atoms with Crippen LogP contribution in [0, 0.1) is 0 Å². The van der Waals surface area contributed by atoms with Gasteiger partial charge in [-0.1, -0.05) is 90.4 Å². The molecule has 4 heteroatoms. The van der Waals surface area contributed by atoms with Gasteiger partial charge >= 0.3 is 5.97 Å². The summed E-state index contributed by atoms with van der Waals surface area (Å²) < 4.78 is 4.86. The Hall–Kier alpha value is -0.610. The maximum absolute atomic E-state index is 11.4. The summed E-state index contributed by atoms with van der Waals surface area (Å²) in [5, 5.41) is 17.7. The highest BCUT2D eigenvalue weighted by molar-refractivity contribution is 5.69. The number of hydrogen-bond acceptors (Lipinski definition) is 4. The zero-order chi connectivity index (χ0) is 17.9. The van der Waals surface area contributed by atoms with Crippen molar-refractivity contribution in [2.45, 2.75) is 109 Å². The first-order valence-corrected chi connectivity index (χ1v) is 10.1. The van der Waals surface area contributed by atoms with E-state index in [9.17, 15) is 4.79 Å². The predicted octanol–water partition coefficient (Wildman–Crippen LogP) is 4.75. The summed E-state index contributed by atoms with van der Waals surface area (Å²) in [6, 6.07) is 0. The number of carbonyl (C=O) groups excluding carboxylic acids is 1. The second-order valence-corrected chi connectivity index (χ2v) is 6.87. The third kappa shape index (κ3) is 17.7. The molecule has 0 radical (unpaired) electrons. The Labute approximate surface area is 149 Å². The van der Waals surface area contributed by atoms with E-state index in [-0.39, 0.29) is 19.2 Å². The molecule has 0 fully saturated rings. The molecule has 0 aromatic rings. The zero-order valence-electron chi connectivity index (χ0n) is 15.8. The Morgan fingerprint density at radius 2 is 1.21 bits per heavy atom. The molecule has 0 spiro atoms. The van der Waals surface area contributed by atoms with Crippen molar-refractivity contribution in [1.82, 2.24) is 0 Å². The van der Waals surface area contributed by atoms with Gasteiger partial charge in [-0.15, -0.1) is 0 Å². The molecule has 24 heavy (non-hydrogen) atoms. The predicted molar refractivity (Wildman–Crippen MR) is 99.0 cm³/mol. The molecule has 0 bridgehead atoms. The molecule has 0 saturated heterocycles. The van der Waals surface area contributed by atoms with Gasteiger partial charge in [0.2, 0.25) is 0 Å².